The molecule has 1 aromatic rings. The third-order valence-electron chi connectivity index (χ3n) is 3.64. The Kier molecular flexibility index (Phi) is 5.75. The quantitative estimate of drug-likeness (QED) is 0.803. The fourth-order valence-corrected chi connectivity index (χ4v) is 2.57. The van der Waals surface area contributed by atoms with Crippen molar-refractivity contribution in [2.24, 2.45) is 0 Å². The summed E-state index contributed by atoms with van der Waals surface area (Å²) in [6.45, 7) is 4.20. The number of ether oxygens (including phenoxy) is 1. The maximum atomic E-state index is 5.80. The first-order chi connectivity index (χ1) is 8.90. The van der Waals surface area contributed by atoms with Crippen LogP contribution >= 0.6 is 0 Å². The Balaban J connectivity index is 1.80. The van der Waals surface area contributed by atoms with E-state index in [2.05, 4.69) is 18.3 Å². The third kappa shape index (κ3) is 4.14. The van der Waals surface area contributed by atoms with Gasteiger partial charge in [-0.2, -0.15) is 0 Å². The van der Waals surface area contributed by atoms with Gasteiger partial charge in [0.25, 0.3) is 0 Å². The number of rotatable bonds is 7. The van der Waals surface area contributed by atoms with E-state index in [1.807, 2.05) is 6.26 Å². The maximum Gasteiger partial charge on any atom is 0.0950 e. The minimum atomic E-state index is 0.411. The molecule has 0 amide bonds. The number of hydrogen-bond acceptors (Lipinski definition) is 3. The number of nitrogens with one attached hydrogen (secondary N) is 1. The second-order valence-corrected chi connectivity index (χ2v) is 5.13. The van der Waals surface area contributed by atoms with Crippen molar-refractivity contribution in [2.75, 3.05) is 13.2 Å². The molecule has 102 valence electrons. The van der Waals surface area contributed by atoms with Crippen LogP contribution in [0.5, 0.6) is 0 Å². The van der Waals surface area contributed by atoms with Crippen LogP contribution < -0.4 is 5.32 Å². The van der Waals surface area contributed by atoms with Crippen LogP contribution in [0, 0.1) is 0 Å². The average Bonchev–Trinajstić information content (AvgIpc) is 2.94. The smallest absolute Gasteiger partial charge is 0.0950 e. The molecule has 1 aliphatic heterocycles. The molecule has 0 aliphatic carbocycles. The Hall–Kier alpha value is -0.800. The van der Waals surface area contributed by atoms with E-state index in [-0.39, 0.29) is 0 Å². The molecular formula is C15H25NO2. The molecular weight excluding hydrogens is 226 g/mol. The summed E-state index contributed by atoms with van der Waals surface area (Å²) in [5.41, 5.74) is 1.26. The predicted molar refractivity (Wildman–Crippen MR) is 72.6 cm³/mol. The largest absolute Gasteiger partial charge is 0.472 e. The van der Waals surface area contributed by atoms with E-state index in [9.17, 15) is 0 Å². The normalized spacial score (nSPS) is 21.9. The van der Waals surface area contributed by atoms with E-state index >= 15 is 0 Å². The molecule has 1 aliphatic rings. The first-order valence-electron chi connectivity index (χ1n) is 7.27. The van der Waals surface area contributed by atoms with Crippen LogP contribution in [0.25, 0.3) is 0 Å². The molecule has 3 nitrogen and oxygen atoms in total. The maximum absolute atomic E-state index is 5.80. The highest BCUT2D eigenvalue weighted by Gasteiger charge is 2.18. The van der Waals surface area contributed by atoms with E-state index in [1.54, 1.807) is 6.26 Å². The van der Waals surface area contributed by atoms with Crippen molar-refractivity contribution >= 4 is 0 Å². The van der Waals surface area contributed by atoms with Gasteiger partial charge in [-0.25, -0.2) is 0 Å². The predicted octanol–water partition coefficient (Wildman–Crippen LogP) is 3.67. The van der Waals surface area contributed by atoms with Crippen LogP contribution in [0.15, 0.2) is 23.0 Å². The Morgan fingerprint density at radius 1 is 1.44 bits per heavy atom. The summed E-state index contributed by atoms with van der Waals surface area (Å²) in [5.74, 6) is 0. The lowest BCUT2D eigenvalue weighted by atomic mass is 9.98. The molecule has 2 atom stereocenters. The van der Waals surface area contributed by atoms with Crippen LogP contribution in [0.3, 0.4) is 0 Å². The van der Waals surface area contributed by atoms with Gasteiger partial charge in [0.05, 0.1) is 18.6 Å². The fourth-order valence-electron chi connectivity index (χ4n) is 2.57. The molecule has 2 rings (SSSR count). The Bertz CT molecular complexity index is 304. The van der Waals surface area contributed by atoms with Crippen molar-refractivity contribution in [3.63, 3.8) is 0 Å². The third-order valence-corrected chi connectivity index (χ3v) is 3.64. The number of hydrogen-bond donors (Lipinski definition) is 1. The van der Waals surface area contributed by atoms with E-state index in [0.717, 1.165) is 32.4 Å². The van der Waals surface area contributed by atoms with Crippen LogP contribution in [0.4, 0.5) is 0 Å². The topological polar surface area (TPSA) is 34.4 Å². The minimum Gasteiger partial charge on any atom is -0.472 e. The van der Waals surface area contributed by atoms with Gasteiger partial charge in [0.15, 0.2) is 0 Å². The summed E-state index contributed by atoms with van der Waals surface area (Å²) in [6.07, 6.45) is 11.3. The van der Waals surface area contributed by atoms with Gasteiger partial charge in [0.1, 0.15) is 0 Å². The molecule has 1 saturated heterocycles. The van der Waals surface area contributed by atoms with Gasteiger partial charge in [-0.3, -0.25) is 0 Å². The molecule has 0 radical (unpaired) electrons. The second kappa shape index (κ2) is 7.59. The molecule has 0 saturated carbocycles. The van der Waals surface area contributed by atoms with Crippen molar-refractivity contribution in [1.82, 2.24) is 5.32 Å². The second-order valence-electron chi connectivity index (χ2n) is 5.13. The summed E-state index contributed by atoms with van der Waals surface area (Å²) in [6, 6.07) is 2.48. The molecule has 0 bridgehead atoms. The van der Waals surface area contributed by atoms with Crippen LogP contribution in [-0.4, -0.2) is 19.3 Å². The zero-order chi connectivity index (χ0) is 12.6. The van der Waals surface area contributed by atoms with Crippen LogP contribution in [0.1, 0.15) is 57.1 Å². The zero-order valence-corrected chi connectivity index (χ0v) is 11.4. The van der Waals surface area contributed by atoms with Crippen molar-refractivity contribution in [3.8, 4) is 0 Å². The monoisotopic (exact) mass is 251 g/mol. The summed E-state index contributed by atoms with van der Waals surface area (Å²) in [5, 5.41) is 3.60. The lowest BCUT2D eigenvalue weighted by molar-refractivity contribution is 0.00853. The average molecular weight is 251 g/mol. The molecule has 1 N–H and O–H groups in total. The minimum absolute atomic E-state index is 0.411. The van der Waals surface area contributed by atoms with Gasteiger partial charge < -0.3 is 14.5 Å². The van der Waals surface area contributed by atoms with E-state index < -0.39 is 0 Å². The SMILES string of the molecule is CCCNC(CCC1CCCCO1)c1ccoc1. The van der Waals surface area contributed by atoms with E-state index in [0.29, 0.717) is 12.1 Å². The molecule has 3 heteroatoms. The van der Waals surface area contributed by atoms with Gasteiger partial charge in [0.2, 0.25) is 0 Å². The highest BCUT2D eigenvalue weighted by molar-refractivity contribution is 5.11. The molecule has 18 heavy (non-hydrogen) atoms. The summed E-state index contributed by atoms with van der Waals surface area (Å²) in [7, 11) is 0. The summed E-state index contributed by atoms with van der Waals surface area (Å²) in [4.78, 5) is 0. The van der Waals surface area contributed by atoms with Gasteiger partial charge in [-0.15, -0.1) is 0 Å². The Morgan fingerprint density at radius 3 is 3.06 bits per heavy atom. The summed E-state index contributed by atoms with van der Waals surface area (Å²) < 4.78 is 11.0. The van der Waals surface area contributed by atoms with Crippen LogP contribution in [-0.2, 0) is 4.74 Å². The Morgan fingerprint density at radius 2 is 2.39 bits per heavy atom. The van der Waals surface area contributed by atoms with Gasteiger partial charge >= 0.3 is 0 Å². The van der Waals surface area contributed by atoms with Gasteiger partial charge in [0, 0.05) is 18.2 Å². The summed E-state index contributed by atoms with van der Waals surface area (Å²) >= 11 is 0. The highest BCUT2D eigenvalue weighted by Crippen LogP contribution is 2.24. The molecule has 2 heterocycles. The van der Waals surface area contributed by atoms with E-state index in [4.69, 9.17) is 9.15 Å². The van der Waals surface area contributed by atoms with Crippen molar-refractivity contribution in [1.29, 1.82) is 0 Å². The number of furan rings is 1. The molecule has 0 aromatic carbocycles. The molecule has 1 fully saturated rings. The van der Waals surface area contributed by atoms with Gasteiger partial charge in [-0.05, 0) is 51.1 Å². The van der Waals surface area contributed by atoms with Crippen molar-refractivity contribution in [3.05, 3.63) is 24.2 Å². The van der Waals surface area contributed by atoms with Crippen molar-refractivity contribution < 1.29 is 9.15 Å². The first kappa shape index (κ1) is 13.6. The lowest BCUT2D eigenvalue weighted by Crippen LogP contribution is -2.25. The fraction of sp³-hybridized carbons (Fsp3) is 0.733. The molecule has 2 unspecified atom stereocenters. The van der Waals surface area contributed by atoms with Gasteiger partial charge in [-0.1, -0.05) is 6.92 Å². The lowest BCUT2D eigenvalue weighted by Gasteiger charge is -2.25. The standard InChI is InChI=1S/C15H25NO2/c1-2-9-16-15(13-8-11-17-12-13)7-6-14-5-3-4-10-18-14/h8,11-12,14-16H,2-7,9-10H2,1H3. The Labute approximate surface area is 110 Å². The van der Waals surface area contributed by atoms with Crippen LogP contribution in [0.2, 0.25) is 0 Å². The van der Waals surface area contributed by atoms with Crippen molar-refractivity contribution in [2.45, 2.75) is 57.6 Å². The molecule has 1 aromatic heterocycles. The highest BCUT2D eigenvalue weighted by atomic mass is 16.5. The van der Waals surface area contributed by atoms with E-state index in [1.165, 1.54) is 24.8 Å². The first-order valence-corrected chi connectivity index (χ1v) is 7.27. The zero-order valence-electron chi connectivity index (χ0n) is 11.4. The molecule has 0 spiro atoms.